The second-order valence-electron chi connectivity index (χ2n) is 7.09. The number of carboxylic acid groups (broad SMARTS) is 1. The molecular formula is C21H38N2O9S. The van der Waals surface area contributed by atoms with Crippen LogP contribution in [0.3, 0.4) is 0 Å². The first-order chi connectivity index (χ1) is 15.9. The van der Waals surface area contributed by atoms with Gasteiger partial charge in [0.05, 0.1) is 32.2 Å². The highest BCUT2D eigenvalue weighted by Crippen LogP contribution is 2.02. The number of rotatable bonds is 23. The number of unbranched alkanes of at least 4 members (excludes halogenated alkanes) is 1. The predicted octanol–water partition coefficient (Wildman–Crippen LogP) is 0.251. The van der Waals surface area contributed by atoms with Crippen LogP contribution in [0.5, 0.6) is 0 Å². The molecule has 0 saturated carbocycles. The summed E-state index contributed by atoms with van der Waals surface area (Å²) in [6.07, 6.45) is 4.20. The maximum Gasteiger partial charge on any atom is 0.326 e. The second-order valence-corrected chi connectivity index (χ2v) is 7.96. The van der Waals surface area contributed by atoms with Crippen LogP contribution in [0.15, 0.2) is 0 Å². The van der Waals surface area contributed by atoms with E-state index in [4.69, 9.17) is 18.9 Å². The van der Waals surface area contributed by atoms with Crippen LogP contribution in [-0.4, -0.2) is 107 Å². The predicted molar refractivity (Wildman–Crippen MR) is 123 cm³/mol. The molecule has 0 heterocycles. The molecule has 0 aromatic heterocycles. The molecule has 0 aliphatic heterocycles. The Labute approximate surface area is 199 Å². The zero-order valence-corrected chi connectivity index (χ0v) is 20.4. The molecule has 0 fully saturated rings. The topological polar surface area (TPSA) is 149 Å². The van der Waals surface area contributed by atoms with Crippen LogP contribution in [0.4, 0.5) is 0 Å². The lowest BCUT2D eigenvalue weighted by Crippen LogP contribution is -2.42. The van der Waals surface area contributed by atoms with E-state index in [1.807, 2.05) is 6.26 Å². The number of carbonyl (C=O) groups excluding carboxylic acids is 3. The Bertz CT molecular complexity index is 564. The van der Waals surface area contributed by atoms with Gasteiger partial charge in [-0.25, -0.2) is 4.79 Å². The van der Waals surface area contributed by atoms with Gasteiger partial charge in [-0.15, -0.1) is 0 Å². The zero-order chi connectivity index (χ0) is 24.7. The molecule has 0 aliphatic carbocycles. The molecule has 0 aliphatic rings. The molecule has 2 amide bonds. The fraction of sp³-hybridized carbons (Fsp3) is 0.810. The summed E-state index contributed by atoms with van der Waals surface area (Å²) in [5.74, 6) is -1.30. The molecule has 1 atom stereocenters. The summed E-state index contributed by atoms with van der Waals surface area (Å²) in [6, 6.07) is -1.00. The Kier molecular flexibility index (Phi) is 20.9. The van der Waals surface area contributed by atoms with Gasteiger partial charge in [0.2, 0.25) is 11.8 Å². The van der Waals surface area contributed by atoms with Gasteiger partial charge in [0.1, 0.15) is 19.3 Å². The standard InChI is InChI=1S/C21H38N2O9S/c1-29-10-11-31-14-17(24)6-5-9-30-12-13-32-15-19(25)23-18(21(27)28)7-3-4-8-22-20(26)16-33-2/h18H,3-16H2,1-2H3,(H,22,26)(H,23,25)(H,27,28). The molecular weight excluding hydrogens is 456 g/mol. The molecule has 0 radical (unpaired) electrons. The number of ether oxygens (including phenoxy) is 4. The highest BCUT2D eigenvalue weighted by atomic mass is 32.2. The average Bonchev–Trinajstić information content (AvgIpc) is 2.77. The van der Waals surface area contributed by atoms with Crippen molar-refractivity contribution in [1.29, 1.82) is 0 Å². The summed E-state index contributed by atoms with van der Waals surface area (Å²) in [6.45, 7) is 1.92. The quantitative estimate of drug-likeness (QED) is 0.169. The van der Waals surface area contributed by atoms with Gasteiger partial charge in [0, 0.05) is 26.7 Å². The summed E-state index contributed by atoms with van der Waals surface area (Å²) in [5.41, 5.74) is 0. The summed E-state index contributed by atoms with van der Waals surface area (Å²) < 4.78 is 20.5. The number of aliphatic carboxylic acids is 1. The molecule has 0 rings (SSSR count). The Morgan fingerprint density at radius 1 is 0.879 bits per heavy atom. The number of carboxylic acids is 1. The van der Waals surface area contributed by atoms with Crippen LogP contribution in [-0.2, 0) is 38.1 Å². The number of amides is 2. The number of thioether (sulfide) groups is 1. The van der Waals surface area contributed by atoms with E-state index >= 15 is 0 Å². The van der Waals surface area contributed by atoms with Crippen molar-refractivity contribution < 1.29 is 43.2 Å². The molecule has 12 heteroatoms. The lowest BCUT2D eigenvalue weighted by molar-refractivity contribution is -0.142. The van der Waals surface area contributed by atoms with Crippen LogP contribution in [0.2, 0.25) is 0 Å². The van der Waals surface area contributed by atoms with Gasteiger partial charge in [0.15, 0.2) is 5.78 Å². The lowest BCUT2D eigenvalue weighted by Gasteiger charge is -2.14. The Morgan fingerprint density at radius 3 is 2.27 bits per heavy atom. The summed E-state index contributed by atoms with van der Waals surface area (Å²) in [5, 5.41) is 14.4. The minimum absolute atomic E-state index is 0.00375. The highest BCUT2D eigenvalue weighted by molar-refractivity contribution is 7.99. The third kappa shape index (κ3) is 20.6. The van der Waals surface area contributed by atoms with E-state index in [1.165, 1.54) is 11.8 Å². The van der Waals surface area contributed by atoms with Crippen molar-refractivity contribution >= 4 is 35.3 Å². The first kappa shape index (κ1) is 31.3. The van der Waals surface area contributed by atoms with Crippen LogP contribution in [0, 0.1) is 0 Å². The van der Waals surface area contributed by atoms with Crippen LogP contribution < -0.4 is 10.6 Å². The summed E-state index contributed by atoms with van der Waals surface area (Å²) in [4.78, 5) is 46.1. The van der Waals surface area contributed by atoms with Gasteiger partial charge in [0.25, 0.3) is 0 Å². The monoisotopic (exact) mass is 494 g/mol. The fourth-order valence-corrected chi connectivity index (χ4v) is 2.90. The molecule has 33 heavy (non-hydrogen) atoms. The van der Waals surface area contributed by atoms with Crippen LogP contribution in [0.1, 0.15) is 32.1 Å². The number of carbonyl (C=O) groups is 4. The molecule has 3 N–H and O–H groups in total. The largest absolute Gasteiger partial charge is 0.480 e. The summed E-state index contributed by atoms with van der Waals surface area (Å²) in [7, 11) is 1.56. The van der Waals surface area contributed by atoms with E-state index in [0.717, 1.165) is 0 Å². The summed E-state index contributed by atoms with van der Waals surface area (Å²) >= 11 is 1.43. The number of hydrogen-bond donors (Lipinski definition) is 3. The van der Waals surface area contributed by atoms with Crippen molar-refractivity contribution in [3.63, 3.8) is 0 Å². The molecule has 192 valence electrons. The number of hydrogen-bond acceptors (Lipinski definition) is 9. The van der Waals surface area contributed by atoms with E-state index < -0.39 is 17.9 Å². The molecule has 0 bridgehead atoms. The van der Waals surface area contributed by atoms with Crippen molar-refractivity contribution in [3.8, 4) is 0 Å². The maximum absolute atomic E-state index is 11.9. The van der Waals surface area contributed by atoms with Crippen LogP contribution >= 0.6 is 11.8 Å². The van der Waals surface area contributed by atoms with E-state index in [9.17, 15) is 24.3 Å². The van der Waals surface area contributed by atoms with Gasteiger partial charge in [-0.2, -0.15) is 11.8 Å². The average molecular weight is 495 g/mol. The molecule has 11 nitrogen and oxygen atoms in total. The number of Topliss-reactive ketones (excluding diaryl/α,β-unsaturated/α-hetero) is 1. The minimum atomic E-state index is -1.11. The maximum atomic E-state index is 11.9. The normalized spacial score (nSPS) is 11.7. The van der Waals surface area contributed by atoms with Gasteiger partial charge < -0.3 is 34.7 Å². The molecule has 0 saturated heterocycles. The van der Waals surface area contributed by atoms with E-state index in [2.05, 4.69) is 10.6 Å². The van der Waals surface area contributed by atoms with Crippen molar-refractivity contribution in [3.05, 3.63) is 0 Å². The van der Waals surface area contributed by atoms with Crippen molar-refractivity contribution in [1.82, 2.24) is 10.6 Å². The highest BCUT2D eigenvalue weighted by Gasteiger charge is 2.19. The second kappa shape index (κ2) is 22.1. The third-order valence-corrected chi connectivity index (χ3v) is 4.75. The first-order valence-corrected chi connectivity index (χ1v) is 12.3. The first-order valence-electron chi connectivity index (χ1n) is 10.9. The Hall–Kier alpha value is -1.73. The fourth-order valence-electron chi connectivity index (χ4n) is 2.53. The molecule has 0 aromatic rings. The van der Waals surface area contributed by atoms with E-state index in [0.29, 0.717) is 57.8 Å². The smallest absolute Gasteiger partial charge is 0.326 e. The SMILES string of the molecule is COCCOCC(=O)CCCOCCOCC(=O)NC(CCCCNC(=O)CSC)C(=O)O. The Balaban J connectivity index is 3.72. The molecule has 1 unspecified atom stereocenters. The number of methoxy groups -OCH3 is 1. The van der Waals surface area contributed by atoms with E-state index in [1.54, 1.807) is 7.11 Å². The van der Waals surface area contributed by atoms with E-state index in [-0.39, 0.29) is 44.5 Å². The van der Waals surface area contributed by atoms with Crippen molar-refractivity contribution in [2.24, 2.45) is 0 Å². The Morgan fingerprint density at radius 2 is 1.58 bits per heavy atom. The third-order valence-electron chi connectivity index (χ3n) is 4.19. The molecule has 0 aromatic carbocycles. The lowest BCUT2D eigenvalue weighted by atomic mass is 10.1. The zero-order valence-electron chi connectivity index (χ0n) is 19.6. The van der Waals surface area contributed by atoms with Crippen LogP contribution in [0.25, 0.3) is 0 Å². The van der Waals surface area contributed by atoms with Crippen molar-refractivity contribution in [2.75, 3.05) is 71.9 Å². The minimum Gasteiger partial charge on any atom is -0.480 e. The van der Waals surface area contributed by atoms with Gasteiger partial charge in [-0.05, 0) is 31.9 Å². The number of ketones is 1. The van der Waals surface area contributed by atoms with Gasteiger partial charge in [-0.3, -0.25) is 14.4 Å². The van der Waals surface area contributed by atoms with Crippen molar-refractivity contribution in [2.45, 2.75) is 38.1 Å². The molecule has 0 spiro atoms. The van der Waals surface area contributed by atoms with Gasteiger partial charge in [-0.1, -0.05) is 0 Å². The number of nitrogens with one attached hydrogen (secondary N) is 2. The van der Waals surface area contributed by atoms with Gasteiger partial charge >= 0.3 is 5.97 Å².